The molecule has 0 fully saturated rings. The van der Waals surface area contributed by atoms with Gasteiger partial charge in [0.15, 0.2) is 6.61 Å². The molecule has 0 bridgehead atoms. The van der Waals surface area contributed by atoms with E-state index < -0.39 is 18.5 Å². The van der Waals surface area contributed by atoms with Crippen molar-refractivity contribution in [2.45, 2.75) is 25.7 Å². The van der Waals surface area contributed by atoms with Crippen LogP contribution >= 0.6 is 11.6 Å². The molecule has 0 atom stereocenters. The van der Waals surface area contributed by atoms with Crippen molar-refractivity contribution in [1.82, 2.24) is 9.97 Å². The molecule has 7 heteroatoms. The Morgan fingerprint density at radius 3 is 2.75 bits per heavy atom. The number of amides is 1. The van der Waals surface area contributed by atoms with Crippen molar-refractivity contribution in [3.8, 4) is 0 Å². The van der Waals surface area contributed by atoms with Crippen molar-refractivity contribution in [2.75, 3.05) is 11.9 Å². The van der Waals surface area contributed by atoms with Gasteiger partial charge in [-0.05, 0) is 49.4 Å². The van der Waals surface area contributed by atoms with Gasteiger partial charge in [-0.25, -0.2) is 9.78 Å². The molecule has 1 aliphatic carbocycles. The number of fused-ring (bicyclic) bond motifs is 2. The highest BCUT2D eigenvalue weighted by molar-refractivity contribution is 6.30. The molecule has 28 heavy (non-hydrogen) atoms. The molecule has 0 saturated carbocycles. The summed E-state index contributed by atoms with van der Waals surface area (Å²) < 4.78 is 5.33. The SMILES string of the molecule is O=C(COC(=O)c1c2c(nc3ccccc13)CCCC2)Nc1ccc(Cl)cn1. The molecule has 3 aromatic rings. The number of hydrogen-bond acceptors (Lipinski definition) is 5. The molecule has 0 spiro atoms. The van der Waals surface area contributed by atoms with Gasteiger partial charge < -0.3 is 10.1 Å². The van der Waals surface area contributed by atoms with Crippen molar-refractivity contribution in [2.24, 2.45) is 0 Å². The van der Waals surface area contributed by atoms with E-state index in [4.69, 9.17) is 21.3 Å². The number of anilines is 1. The van der Waals surface area contributed by atoms with Gasteiger partial charge >= 0.3 is 5.97 Å². The van der Waals surface area contributed by atoms with Crippen molar-refractivity contribution in [3.05, 3.63) is 64.4 Å². The van der Waals surface area contributed by atoms with Gasteiger partial charge in [0.25, 0.3) is 5.91 Å². The van der Waals surface area contributed by atoms with Crippen LogP contribution < -0.4 is 5.32 Å². The molecular weight excluding hydrogens is 378 g/mol. The number of carbonyl (C=O) groups excluding carboxylic acids is 2. The molecule has 0 saturated heterocycles. The fraction of sp³-hybridized carbons (Fsp3) is 0.238. The summed E-state index contributed by atoms with van der Waals surface area (Å²) in [5.41, 5.74) is 3.18. The Morgan fingerprint density at radius 1 is 1.11 bits per heavy atom. The van der Waals surface area contributed by atoms with Gasteiger partial charge in [0.1, 0.15) is 5.82 Å². The van der Waals surface area contributed by atoms with Crippen LogP contribution in [0.4, 0.5) is 5.82 Å². The minimum Gasteiger partial charge on any atom is -0.452 e. The van der Waals surface area contributed by atoms with Gasteiger partial charge in [-0.1, -0.05) is 29.8 Å². The number of aromatic nitrogens is 2. The number of hydrogen-bond donors (Lipinski definition) is 1. The van der Waals surface area contributed by atoms with Crippen LogP contribution in [-0.4, -0.2) is 28.5 Å². The molecule has 1 aromatic carbocycles. The lowest BCUT2D eigenvalue weighted by Crippen LogP contribution is -2.23. The Bertz CT molecular complexity index is 1050. The zero-order chi connectivity index (χ0) is 19.5. The first kappa shape index (κ1) is 18.4. The van der Waals surface area contributed by atoms with Crippen LogP contribution in [0.1, 0.15) is 34.5 Å². The van der Waals surface area contributed by atoms with E-state index in [2.05, 4.69) is 10.3 Å². The molecule has 1 N–H and O–H groups in total. The third-order valence-corrected chi connectivity index (χ3v) is 4.93. The molecule has 2 heterocycles. The van der Waals surface area contributed by atoms with E-state index in [0.717, 1.165) is 47.8 Å². The first-order valence-corrected chi connectivity index (χ1v) is 9.48. The average molecular weight is 396 g/mol. The highest BCUT2D eigenvalue weighted by Gasteiger charge is 2.24. The van der Waals surface area contributed by atoms with Crippen LogP contribution in [0.3, 0.4) is 0 Å². The van der Waals surface area contributed by atoms with Crippen LogP contribution in [0.5, 0.6) is 0 Å². The topological polar surface area (TPSA) is 81.2 Å². The molecule has 1 amide bonds. The Hall–Kier alpha value is -2.99. The second kappa shape index (κ2) is 7.94. The van der Waals surface area contributed by atoms with E-state index in [0.29, 0.717) is 16.4 Å². The van der Waals surface area contributed by atoms with Gasteiger partial charge in [0.05, 0.1) is 16.1 Å². The summed E-state index contributed by atoms with van der Waals surface area (Å²) in [5.74, 6) is -0.622. The molecule has 0 unspecified atom stereocenters. The summed E-state index contributed by atoms with van der Waals surface area (Å²) in [5, 5.41) is 3.81. The molecule has 4 rings (SSSR count). The van der Waals surface area contributed by atoms with Gasteiger partial charge in [0, 0.05) is 17.3 Å². The monoisotopic (exact) mass is 395 g/mol. The first-order chi connectivity index (χ1) is 13.6. The van der Waals surface area contributed by atoms with Crippen LogP contribution in [0.25, 0.3) is 10.9 Å². The third-order valence-electron chi connectivity index (χ3n) is 4.70. The number of aryl methyl sites for hydroxylation is 1. The summed E-state index contributed by atoms with van der Waals surface area (Å²) in [6.45, 7) is -0.394. The number of carbonyl (C=O) groups is 2. The van der Waals surface area contributed by atoms with Gasteiger partial charge in [0.2, 0.25) is 0 Å². The zero-order valence-corrected chi connectivity index (χ0v) is 15.8. The quantitative estimate of drug-likeness (QED) is 0.676. The third kappa shape index (κ3) is 3.82. The number of rotatable bonds is 4. The second-order valence-electron chi connectivity index (χ2n) is 6.62. The standard InChI is InChI=1S/C21H18ClN3O3/c22-13-9-10-18(23-11-13)25-19(26)12-28-21(27)20-14-5-1-3-7-16(14)24-17-8-4-2-6-15(17)20/h1,3,5,7,9-11H,2,4,6,8,12H2,(H,23,25,26). The van der Waals surface area contributed by atoms with E-state index in [1.807, 2.05) is 24.3 Å². The van der Waals surface area contributed by atoms with E-state index >= 15 is 0 Å². The van der Waals surface area contributed by atoms with Gasteiger partial charge in [-0.15, -0.1) is 0 Å². The number of nitrogens with one attached hydrogen (secondary N) is 1. The highest BCUT2D eigenvalue weighted by atomic mass is 35.5. The number of pyridine rings is 2. The minimum atomic E-state index is -0.504. The zero-order valence-electron chi connectivity index (χ0n) is 15.1. The van der Waals surface area contributed by atoms with Gasteiger partial charge in [-0.2, -0.15) is 0 Å². The summed E-state index contributed by atoms with van der Waals surface area (Å²) in [7, 11) is 0. The maximum atomic E-state index is 12.9. The number of ether oxygens (including phenoxy) is 1. The molecule has 0 aliphatic heterocycles. The first-order valence-electron chi connectivity index (χ1n) is 9.11. The summed E-state index contributed by atoms with van der Waals surface area (Å²) in [6, 6.07) is 10.7. The lowest BCUT2D eigenvalue weighted by Gasteiger charge is -2.19. The lowest BCUT2D eigenvalue weighted by atomic mass is 9.90. The van der Waals surface area contributed by atoms with Crippen LogP contribution in [0, 0.1) is 0 Å². The van der Waals surface area contributed by atoms with Gasteiger partial charge in [-0.3, -0.25) is 9.78 Å². The second-order valence-corrected chi connectivity index (χ2v) is 7.06. The van der Waals surface area contributed by atoms with Crippen LogP contribution in [0.2, 0.25) is 5.02 Å². The van der Waals surface area contributed by atoms with Crippen LogP contribution in [0.15, 0.2) is 42.6 Å². The minimum absolute atomic E-state index is 0.345. The lowest BCUT2D eigenvalue weighted by molar-refractivity contribution is -0.119. The van der Waals surface area contributed by atoms with Crippen molar-refractivity contribution in [3.63, 3.8) is 0 Å². The number of nitrogens with zero attached hydrogens (tertiary/aromatic N) is 2. The fourth-order valence-corrected chi connectivity index (χ4v) is 3.55. The van der Waals surface area contributed by atoms with E-state index in [1.54, 1.807) is 12.1 Å². The molecule has 6 nitrogen and oxygen atoms in total. The number of esters is 1. The number of para-hydroxylation sites is 1. The van der Waals surface area contributed by atoms with E-state index in [1.165, 1.54) is 6.20 Å². The van der Waals surface area contributed by atoms with Crippen molar-refractivity contribution < 1.29 is 14.3 Å². The average Bonchev–Trinajstić information content (AvgIpc) is 2.72. The Labute approximate surface area is 166 Å². The normalized spacial score (nSPS) is 13.0. The molecular formula is C21H18ClN3O3. The predicted molar refractivity (Wildman–Crippen MR) is 107 cm³/mol. The highest BCUT2D eigenvalue weighted by Crippen LogP contribution is 2.29. The van der Waals surface area contributed by atoms with Crippen molar-refractivity contribution >= 4 is 40.2 Å². The number of halogens is 1. The maximum Gasteiger partial charge on any atom is 0.339 e. The summed E-state index contributed by atoms with van der Waals surface area (Å²) >= 11 is 5.77. The predicted octanol–water partition coefficient (Wildman–Crippen LogP) is 3.96. The van der Waals surface area contributed by atoms with Crippen LogP contribution in [-0.2, 0) is 22.4 Å². The molecule has 0 radical (unpaired) electrons. The Balaban J connectivity index is 1.54. The summed E-state index contributed by atoms with van der Waals surface area (Å²) in [6.07, 6.45) is 5.14. The molecule has 142 valence electrons. The molecule has 1 aliphatic rings. The van der Waals surface area contributed by atoms with Crippen molar-refractivity contribution in [1.29, 1.82) is 0 Å². The van der Waals surface area contributed by atoms with E-state index in [-0.39, 0.29) is 0 Å². The molecule has 2 aromatic heterocycles. The fourth-order valence-electron chi connectivity index (χ4n) is 3.44. The largest absolute Gasteiger partial charge is 0.452 e. The van der Waals surface area contributed by atoms with E-state index in [9.17, 15) is 9.59 Å². The Kier molecular flexibility index (Phi) is 5.21. The smallest absolute Gasteiger partial charge is 0.339 e. The summed E-state index contributed by atoms with van der Waals surface area (Å²) in [4.78, 5) is 33.7. The number of benzene rings is 1. The maximum absolute atomic E-state index is 12.9. The Morgan fingerprint density at radius 2 is 1.93 bits per heavy atom.